The predicted octanol–water partition coefficient (Wildman–Crippen LogP) is 3.94. The number of alkyl halides is 1. The highest BCUT2D eigenvalue weighted by atomic mass is 35.5. The van der Waals surface area contributed by atoms with E-state index in [4.69, 9.17) is 27.9 Å². The molecule has 2 nitrogen and oxygen atoms in total. The number of rotatable bonds is 6. The molecule has 0 aliphatic heterocycles. The van der Waals surface area contributed by atoms with E-state index in [9.17, 15) is 0 Å². The van der Waals surface area contributed by atoms with Crippen molar-refractivity contribution < 1.29 is 4.74 Å². The van der Waals surface area contributed by atoms with Gasteiger partial charge in [-0.25, -0.2) is 0 Å². The summed E-state index contributed by atoms with van der Waals surface area (Å²) in [4.78, 5) is 2.26. The lowest BCUT2D eigenvalue weighted by molar-refractivity contribution is 0.204. The second-order valence-corrected chi connectivity index (χ2v) is 4.86. The molecule has 1 rings (SSSR count). The van der Waals surface area contributed by atoms with E-state index in [0.29, 0.717) is 18.5 Å². The van der Waals surface area contributed by atoms with Crippen molar-refractivity contribution in [1.29, 1.82) is 0 Å². The Morgan fingerprint density at radius 3 is 2.53 bits per heavy atom. The minimum absolute atomic E-state index is 0.406. The van der Waals surface area contributed by atoms with Gasteiger partial charge in [-0.05, 0) is 31.5 Å². The maximum atomic E-state index is 6.17. The topological polar surface area (TPSA) is 12.5 Å². The van der Waals surface area contributed by atoms with E-state index in [-0.39, 0.29) is 0 Å². The monoisotopic (exact) mass is 275 g/mol. The quantitative estimate of drug-likeness (QED) is 0.730. The Bertz CT molecular complexity index is 355. The first-order chi connectivity index (χ1) is 8.10. The van der Waals surface area contributed by atoms with Crippen LogP contribution in [-0.4, -0.2) is 26.3 Å². The summed E-state index contributed by atoms with van der Waals surface area (Å²) in [6, 6.07) is 6.41. The van der Waals surface area contributed by atoms with Crippen LogP contribution in [0.5, 0.6) is 0 Å². The van der Waals surface area contributed by atoms with Crippen molar-refractivity contribution in [2.75, 3.05) is 25.2 Å². The molecule has 0 fully saturated rings. The number of anilines is 1. The normalized spacial score (nSPS) is 10.9. The van der Waals surface area contributed by atoms with Gasteiger partial charge in [0.2, 0.25) is 0 Å². The van der Waals surface area contributed by atoms with Crippen LogP contribution < -0.4 is 4.90 Å². The molecule has 1 aromatic rings. The maximum absolute atomic E-state index is 6.17. The van der Waals surface area contributed by atoms with Crippen LogP contribution >= 0.6 is 23.2 Å². The van der Waals surface area contributed by atoms with Crippen LogP contribution in [0.15, 0.2) is 18.2 Å². The molecule has 0 spiro atoms. The first-order valence-corrected chi connectivity index (χ1v) is 6.61. The highest BCUT2D eigenvalue weighted by molar-refractivity contribution is 6.32. The lowest BCUT2D eigenvalue weighted by atomic mass is 10.2. The molecule has 96 valence electrons. The summed E-state index contributed by atoms with van der Waals surface area (Å²) in [7, 11) is 1.71. The van der Waals surface area contributed by atoms with E-state index in [2.05, 4.69) is 24.8 Å². The van der Waals surface area contributed by atoms with Crippen molar-refractivity contribution in [3.05, 3.63) is 28.8 Å². The summed E-state index contributed by atoms with van der Waals surface area (Å²) in [5, 5.41) is 0.723. The average Bonchev–Trinajstić information content (AvgIpc) is 2.29. The van der Waals surface area contributed by atoms with Crippen LogP contribution in [0, 0.1) is 0 Å². The molecule has 0 aromatic heterocycles. The van der Waals surface area contributed by atoms with Crippen LogP contribution in [0.1, 0.15) is 19.4 Å². The Morgan fingerprint density at radius 1 is 1.35 bits per heavy atom. The molecule has 1 aromatic carbocycles. The summed E-state index contributed by atoms with van der Waals surface area (Å²) < 4.78 is 5.12. The van der Waals surface area contributed by atoms with Crippen LogP contribution in [0.2, 0.25) is 5.02 Å². The average molecular weight is 276 g/mol. The SMILES string of the molecule is COCCN(c1ccc(CCl)c(Cl)c1)C(C)C. The number of hydrogen-bond donors (Lipinski definition) is 0. The molecule has 17 heavy (non-hydrogen) atoms. The summed E-state index contributed by atoms with van der Waals surface area (Å²) in [5.41, 5.74) is 2.07. The van der Waals surface area contributed by atoms with Crippen molar-refractivity contribution >= 4 is 28.9 Å². The zero-order chi connectivity index (χ0) is 12.8. The Hall–Kier alpha value is -0.440. The standard InChI is InChI=1S/C13H19Cl2NO/c1-10(2)16(6-7-17-3)12-5-4-11(9-14)13(15)8-12/h4-5,8,10H,6-7,9H2,1-3H3. The molecule has 0 aliphatic rings. The molecule has 0 N–H and O–H groups in total. The lowest BCUT2D eigenvalue weighted by Gasteiger charge is -2.29. The van der Waals surface area contributed by atoms with Crippen LogP contribution in [-0.2, 0) is 10.6 Å². The minimum atomic E-state index is 0.406. The molecule has 0 heterocycles. The number of halogens is 2. The fraction of sp³-hybridized carbons (Fsp3) is 0.538. The third-order valence-corrected chi connectivity index (χ3v) is 3.31. The van der Waals surface area contributed by atoms with Gasteiger partial charge in [0, 0.05) is 36.3 Å². The van der Waals surface area contributed by atoms with Crippen LogP contribution in [0.4, 0.5) is 5.69 Å². The summed E-state index contributed by atoms with van der Waals surface area (Å²) in [6.45, 7) is 5.86. The first kappa shape index (κ1) is 14.6. The molecule has 0 amide bonds. The van der Waals surface area contributed by atoms with E-state index in [1.165, 1.54) is 0 Å². The van der Waals surface area contributed by atoms with Gasteiger partial charge in [-0.2, -0.15) is 0 Å². The van der Waals surface area contributed by atoms with Gasteiger partial charge < -0.3 is 9.64 Å². The minimum Gasteiger partial charge on any atom is -0.383 e. The Balaban J connectivity index is 2.90. The van der Waals surface area contributed by atoms with Crippen molar-refractivity contribution in [1.82, 2.24) is 0 Å². The predicted molar refractivity (Wildman–Crippen MR) is 75.4 cm³/mol. The van der Waals surface area contributed by atoms with E-state index < -0.39 is 0 Å². The number of ether oxygens (including phenoxy) is 1. The van der Waals surface area contributed by atoms with Crippen LogP contribution in [0.3, 0.4) is 0 Å². The number of hydrogen-bond acceptors (Lipinski definition) is 2. The van der Waals surface area contributed by atoms with Gasteiger partial charge in [0.05, 0.1) is 6.61 Å². The third-order valence-electron chi connectivity index (χ3n) is 2.67. The van der Waals surface area contributed by atoms with E-state index >= 15 is 0 Å². The maximum Gasteiger partial charge on any atom is 0.0637 e. The smallest absolute Gasteiger partial charge is 0.0637 e. The third kappa shape index (κ3) is 4.06. The van der Waals surface area contributed by atoms with Gasteiger partial charge in [0.15, 0.2) is 0 Å². The number of nitrogens with zero attached hydrogens (tertiary/aromatic N) is 1. The number of methoxy groups -OCH3 is 1. The second-order valence-electron chi connectivity index (χ2n) is 4.19. The molecule has 0 saturated carbocycles. The van der Waals surface area contributed by atoms with Gasteiger partial charge in [-0.15, -0.1) is 11.6 Å². The molecule has 0 radical (unpaired) electrons. The van der Waals surface area contributed by atoms with Crippen molar-refractivity contribution in [3.8, 4) is 0 Å². The van der Waals surface area contributed by atoms with Crippen LogP contribution in [0.25, 0.3) is 0 Å². The fourth-order valence-corrected chi connectivity index (χ4v) is 2.24. The Morgan fingerprint density at radius 2 is 2.06 bits per heavy atom. The van der Waals surface area contributed by atoms with Gasteiger partial charge in [0.1, 0.15) is 0 Å². The summed E-state index contributed by atoms with van der Waals surface area (Å²) in [5.74, 6) is 0.443. The van der Waals surface area contributed by atoms with Crippen molar-refractivity contribution in [2.24, 2.45) is 0 Å². The molecule has 4 heteroatoms. The van der Waals surface area contributed by atoms with Gasteiger partial charge in [-0.3, -0.25) is 0 Å². The van der Waals surface area contributed by atoms with Crippen molar-refractivity contribution in [3.63, 3.8) is 0 Å². The second kappa shape index (κ2) is 7.10. The molecule has 0 bridgehead atoms. The molecule has 0 saturated heterocycles. The highest BCUT2D eigenvalue weighted by Gasteiger charge is 2.11. The van der Waals surface area contributed by atoms with E-state index in [1.807, 2.05) is 12.1 Å². The number of benzene rings is 1. The Labute approximate surface area is 113 Å². The zero-order valence-corrected chi connectivity index (χ0v) is 12.1. The highest BCUT2D eigenvalue weighted by Crippen LogP contribution is 2.26. The molecule has 0 atom stereocenters. The summed E-state index contributed by atoms with van der Waals surface area (Å²) in [6.07, 6.45) is 0. The van der Waals surface area contributed by atoms with E-state index in [1.54, 1.807) is 7.11 Å². The molecule has 0 unspecified atom stereocenters. The molecular weight excluding hydrogens is 257 g/mol. The largest absolute Gasteiger partial charge is 0.383 e. The van der Waals surface area contributed by atoms with Crippen molar-refractivity contribution in [2.45, 2.75) is 25.8 Å². The van der Waals surface area contributed by atoms with Gasteiger partial charge in [0.25, 0.3) is 0 Å². The summed E-state index contributed by atoms with van der Waals surface area (Å²) >= 11 is 12.0. The molecular formula is C13H19Cl2NO. The molecule has 0 aliphatic carbocycles. The first-order valence-electron chi connectivity index (χ1n) is 5.70. The van der Waals surface area contributed by atoms with Gasteiger partial charge in [-0.1, -0.05) is 17.7 Å². The van der Waals surface area contributed by atoms with E-state index in [0.717, 1.165) is 22.8 Å². The lowest BCUT2D eigenvalue weighted by Crippen LogP contribution is -2.33. The fourth-order valence-electron chi connectivity index (χ4n) is 1.70. The zero-order valence-electron chi connectivity index (χ0n) is 10.5. The Kier molecular flexibility index (Phi) is 6.10. The van der Waals surface area contributed by atoms with Gasteiger partial charge >= 0.3 is 0 Å².